The van der Waals surface area contributed by atoms with Crippen LogP contribution in [0.4, 0.5) is 11.5 Å². The van der Waals surface area contributed by atoms with Crippen LogP contribution in [0.5, 0.6) is 0 Å². The Bertz CT molecular complexity index is 410. The maximum atomic E-state index is 8.99. The largest absolute Gasteiger partial charge is 0.397 e. The van der Waals surface area contributed by atoms with Gasteiger partial charge in [0.2, 0.25) is 0 Å². The predicted octanol–water partition coefficient (Wildman–Crippen LogP) is 1.68. The molecule has 0 fully saturated rings. The van der Waals surface area contributed by atoms with E-state index in [1.807, 2.05) is 0 Å². The molecule has 0 saturated heterocycles. The van der Waals surface area contributed by atoms with Gasteiger partial charge >= 0.3 is 0 Å². The van der Waals surface area contributed by atoms with Gasteiger partial charge in [0, 0.05) is 13.1 Å². The second kappa shape index (κ2) is 7.51. The zero-order valence-electron chi connectivity index (χ0n) is 11.1. The summed E-state index contributed by atoms with van der Waals surface area (Å²) in [7, 11) is 0. The van der Waals surface area contributed by atoms with E-state index in [4.69, 9.17) is 11.0 Å². The highest BCUT2D eigenvalue weighted by atomic mass is 15.1. The molecule has 0 spiro atoms. The van der Waals surface area contributed by atoms with Crippen molar-refractivity contribution >= 4 is 11.5 Å². The monoisotopic (exact) mass is 247 g/mol. The third kappa shape index (κ3) is 4.22. The van der Waals surface area contributed by atoms with Crippen LogP contribution in [-0.4, -0.2) is 36.1 Å². The minimum absolute atomic E-state index is 0.494. The number of hydrogen-bond acceptors (Lipinski definition) is 5. The van der Waals surface area contributed by atoms with E-state index in [1.54, 1.807) is 12.3 Å². The van der Waals surface area contributed by atoms with Crippen LogP contribution >= 0.6 is 0 Å². The topological polar surface area (TPSA) is 78.0 Å². The molecule has 0 unspecified atom stereocenters. The molecule has 1 aromatic rings. The summed E-state index contributed by atoms with van der Waals surface area (Å²) < 4.78 is 0. The first kappa shape index (κ1) is 14.3. The van der Waals surface area contributed by atoms with Crippen molar-refractivity contribution in [3.05, 3.63) is 17.8 Å². The van der Waals surface area contributed by atoms with Crippen LogP contribution in [0.1, 0.15) is 25.8 Å². The van der Waals surface area contributed by atoms with Crippen molar-refractivity contribution in [2.24, 2.45) is 0 Å². The second-order valence-electron chi connectivity index (χ2n) is 4.14. The number of nitrogen functional groups attached to an aromatic ring is 1. The summed E-state index contributed by atoms with van der Waals surface area (Å²) in [6, 6.07) is 3.73. The Labute approximate surface area is 109 Å². The van der Waals surface area contributed by atoms with Gasteiger partial charge in [-0.1, -0.05) is 13.8 Å². The van der Waals surface area contributed by atoms with Gasteiger partial charge in [-0.3, -0.25) is 0 Å². The van der Waals surface area contributed by atoms with Gasteiger partial charge in [0.1, 0.15) is 11.9 Å². The molecule has 0 aromatic carbocycles. The van der Waals surface area contributed by atoms with Gasteiger partial charge in [0.15, 0.2) is 0 Å². The Hall–Kier alpha value is -1.80. The van der Waals surface area contributed by atoms with Crippen LogP contribution in [-0.2, 0) is 0 Å². The van der Waals surface area contributed by atoms with Crippen LogP contribution in [0.3, 0.4) is 0 Å². The lowest BCUT2D eigenvalue weighted by atomic mass is 10.2. The summed E-state index contributed by atoms with van der Waals surface area (Å²) in [5, 5.41) is 12.2. The highest BCUT2D eigenvalue weighted by molar-refractivity contribution is 5.57. The number of nitriles is 1. The highest BCUT2D eigenvalue weighted by Crippen LogP contribution is 2.13. The first-order valence-electron chi connectivity index (χ1n) is 6.33. The van der Waals surface area contributed by atoms with E-state index in [0.717, 1.165) is 32.6 Å². The molecule has 0 aliphatic heterocycles. The molecule has 18 heavy (non-hydrogen) atoms. The smallest absolute Gasteiger partial charge is 0.144 e. The average Bonchev–Trinajstić information content (AvgIpc) is 2.39. The molecular formula is C13H21N5. The fraction of sp³-hybridized carbons (Fsp3) is 0.538. The lowest BCUT2D eigenvalue weighted by molar-refractivity contribution is 0.300. The SMILES string of the molecule is CCCN(CC)CCNc1ncc(N)cc1C#N. The molecule has 0 amide bonds. The molecule has 0 aliphatic carbocycles. The zero-order chi connectivity index (χ0) is 13.4. The van der Waals surface area contributed by atoms with Crippen LogP contribution in [0.2, 0.25) is 0 Å². The standard InChI is InChI=1S/C13H21N5/c1-3-6-18(4-2)7-5-16-13-11(9-14)8-12(15)10-17-13/h8,10H,3-7,15H2,1-2H3,(H,16,17). The first-order chi connectivity index (χ1) is 8.71. The molecule has 0 aliphatic rings. The minimum atomic E-state index is 0.494. The molecule has 0 atom stereocenters. The van der Waals surface area contributed by atoms with E-state index < -0.39 is 0 Å². The number of aromatic nitrogens is 1. The molecule has 1 rings (SSSR count). The summed E-state index contributed by atoms with van der Waals surface area (Å²) in [6.07, 6.45) is 2.71. The number of likely N-dealkylation sites (N-methyl/N-ethyl adjacent to an activating group) is 1. The van der Waals surface area contributed by atoms with Crippen molar-refractivity contribution < 1.29 is 0 Å². The lowest BCUT2D eigenvalue weighted by Gasteiger charge is -2.19. The van der Waals surface area contributed by atoms with Crippen molar-refractivity contribution in [3.63, 3.8) is 0 Å². The fourth-order valence-electron chi connectivity index (χ4n) is 1.78. The van der Waals surface area contributed by atoms with Crippen molar-refractivity contribution in [1.29, 1.82) is 5.26 Å². The summed E-state index contributed by atoms with van der Waals surface area (Å²) in [5.41, 5.74) is 6.60. The third-order valence-corrected chi connectivity index (χ3v) is 2.74. The van der Waals surface area contributed by atoms with Crippen molar-refractivity contribution in [2.75, 3.05) is 37.2 Å². The fourth-order valence-corrected chi connectivity index (χ4v) is 1.78. The number of pyridine rings is 1. The molecule has 3 N–H and O–H groups in total. The summed E-state index contributed by atoms with van der Waals surface area (Å²) in [6.45, 7) is 8.18. The molecule has 98 valence electrons. The van der Waals surface area contributed by atoms with Gasteiger partial charge in [-0.15, -0.1) is 0 Å². The third-order valence-electron chi connectivity index (χ3n) is 2.74. The Balaban J connectivity index is 2.51. The van der Waals surface area contributed by atoms with Crippen LogP contribution < -0.4 is 11.1 Å². The molecule has 1 heterocycles. The summed E-state index contributed by atoms with van der Waals surface area (Å²) in [5.74, 6) is 0.610. The second-order valence-corrected chi connectivity index (χ2v) is 4.14. The van der Waals surface area contributed by atoms with E-state index in [9.17, 15) is 0 Å². The Kier molecular flexibility index (Phi) is 5.95. The Morgan fingerprint density at radius 3 is 2.83 bits per heavy atom. The minimum Gasteiger partial charge on any atom is -0.397 e. The Morgan fingerprint density at radius 2 is 2.22 bits per heavy atom. The van der Waals surface area contributed by atoms with Gasteiger partial charge in [-0.05, 0) is 25.6 Å². The average molecular weight is 247 g/mol. The predicted molar refractivity (Wildman–Crippen MR) is 74.3 cm³/mol. The lowest BCUT2D eigenvalue weighted by Crippen LogP contribution is -2.29. The quantitative estimate of drug-likeness (QED) is 0.766. The Morgan fingerprint density at radius 1 is 1.44 bits per heavy atom. The van der Waals surface area contributed by atoms with Crippen molar-refractivity contribution in [3.8, 4) is 6.07 Å². The molecule has 0 bridgehead atoms. The highest BCUT2D eigenvalue weighted by Gasteiger charge is 2.05. The van der Waals surface area contributed by atoms with E-state index in [1.165, 1.54) is 0 Å². The molecule has 1 aromatic heterocycles. The summed E-state index contributed by atoms with van der Waals surface area (Å²) in [4.78, 5) is 6.50. The number of hydrogen-bond donors (Lipinski definition) is 2. The number of nitrogens with two attached hydrogens (primary N) is 1. The zero-order valence-corrected chi connectivity index (χ0v) is 11.1. The number of rotatable bonds is 7. The van der Waals surface area contributed by atoms with E-state index >= 15 is 0 Å². The van der Waals surface area contributed by atoms with Crippen molar-refractivity contribution in [2.45, 2.75) is 20.3 Å². The van der Waals surface area contributed by atoms with Gasteiger partial charge in [0.05, 0.1) is 17.4 Å². The molecule has 5 heteroatoms. The maximum absolute atomic E-state index is 8.99. The number of nitrogens with one attached hydrogen (secondary N) is 1. The first-order valence-corrected chi connectivity index (χ1v) is 6.33. The molecular weight excluding hydrogens is 226 g/mol. The van der Waals surface area contributed by atoms with Gasteiger partial charge < -0.3 is 16.0 Å². The van der Waals surface area contributed by atoms with Crippen LogP contribution in [0.15, 0.2) is 12.3 Å². The number of anilines is 2. The van der Waals surface area contributed by atoms with Crippen LogP contribution in [0, 0.1) is 11.3 Å². The van der Waals surface area contributed by atoms with E-state index in [0.29, 0.717) is 17.1 Å². The van der Waals surface area contributed by atoms with E-state index in [-0.39, 0.29) is 0 Å². The maximum Gasteiger partial charge on any atom is 0.144 e. The molecule has 0 radical (unpaired) electrons. The van der Waals surface area contributed by atoms with Gasteiger partial charge in [0.25, 0.3) is 0 Å². The van der Waals surface area contributed by atoms with Gasteiger partial charge in [-0.2, -0.15) is 5.26 Å². The molecule has 5 nitrogen and oxygen atoms in total. The van der Waals surface area contributed by atoms with Crippen molar-refractivity contribution in [1.82, 2.24) is 9.88 Å². The van der Waals surface area contributed by atoms with Crippen LogP contribution in [0.25, 0.3) is 0 Å². The number of nitrogens with zero attached hydrogens (tertiary/aromatic N) is 3. The molecule has 0 saturated carbocycles. The normalized spacial score (nSPS) is 10.3. The van der Waals surface area contributed by atoms with Gasteiger partial charge in [-0.25, -0.2) is 4.98 Å². The summed E-state index contributed by atoms with van der Waals surface area (Å²) >= 11 is 0. The van der Waals surface area contributed by atoms with E-state index in [2.05, 4.69) is 35.1 Å².